The predicted octanol–water partition coefficient (Wildman–Crippen LogP) is 2.09. The zero-order valence-electron chi connectivity index (χ0n) is 21.4. The fourth-order valence-corrected chi connectivity index (χ4v) is 4.16. The molecule has 37 heavy (non-hydrogen) atoms. The predicted molar refractivity (Wildman–Crippen MR) is 127 cm³/mol. The van der Waals surface area contributed by atoms with Crippen LogP contribution < -0.4 is 9.80 Å². The van der Waals surface area contributed by atoms with Crippen LogP contribution in [0.15, 0.2) is 6.07 Å². The van der Waals surface area contributed by atoms with Crippen LogP contribution in [0.3, 0.4) is 0 Å². The van der Waals surface area contributed by atoms with Gasteiger partial charge in [-0.05, 0) is 0 Å². The minimum absolute atomic E-state index is 0.0108. The Hall–Kier alpha value is -3.39. The van der Waals surface area contributed by atoms with Gasteiger partial charge in [0.05, 0.1) is 74.9 Å². The van der Waals surface area contributed by atoms with Crippen LogP contribution in [0.1, 0.15) is 31.8 Å². The smallest absolute Gasteiger partial charge is 0.200 e. The van der Waals surface area contributed by atoms with Gasteiger partial charge < -0.3 is 20.0 Å². The first kappa shape index (κ1) is 28.2. The van der Waals surface area contributed by atoms with Crippen molar-refractivity contribution in [3.63, 3.8) is 0 Å². The molecule has 0 unspecified atom stereocenters. The highest BCUT2D eigenvalue weighted by atomic mass is 19.2. The number of carbonyl (C=O) groups excluding carboxylic acids is 2. The van der Waals surface area contributed by atoms with Crippen LogP contribution in [0.2, 0.25) is 0 Å². The van der Waals surface area contributed by atoms with Gasteiger partial charge in [-0.15, -0.1) is 0 Å². The second-order valence-corrected chi connectivity index (χ2v) is 10.2. The number of carbonyl (C=O) groups is 2. The van der Waals surface area contributed by atoms with Crippen molar-refractivity contribution in [3.8, 4) is 11.5 Å². The lowest BCUT2D eigenvalue weighted by molar-refractivity contribution is -1.07. The fourth-order valence-electron chi connectivity index (χ4n) is 4.16. The minimum atomic E-state index is -1.48. The quantitative estimate of drug-likeness (QED) is 0.199. The molecule has 1 aliphatic rings. The molecule has 1 aliphatic carbocycles. The van der Waals surface area contributed by atoms with Crippen LogP contribution in [-0.4, -0.2) is 110 Å². The number of hydroxylamine groups is 6. The molecule has 0 saturated carbocycles. The van der Waals surface area contributed by atoms with E-state index < -0.39 is 83.4 Å². The zero-order chi connectivity index (χ0) is 28.2. The van der Waals surface area contributed by atoms with Crippen molar-refractivity contribution in [1.82, 2.24) is 0 Å². The number of benzene rings is 2. The van der Waals surface area contributed by atoms with E-state index in [1.54, 1.807) is 0 Å². The van der Waals surface area contributed by atoms with E-state index in [1.165, 1.54) is 42.3 Å². The Balaban J connectivity index is 2.36. The summed E-state index contributed by atoms with van der Waals surface area (Å²) >= 11 is 0. The van der Waals surface area contributed by atoms with Gasteiger partial charge in [0.1, 0.15) is 18.8 Å². The van der Waals surface area contributed by atoms with E-state index >= 15 is 8.78 Å². The second kappa shape index (κ2) is 9.49. The van der Waals surface area contributed by atoms with Crippen LogP contribution in [-0.2, 0) is 0 Å². The van der Waals surface area contributed by atoms with E-state index in [9.17, 15) is 34.6 Å². The number of quaternary nitrogens is 2. The summed E-state index contributed by atoms with van der Waals surface area (Å²) in [4.78, 5) is 29.6. The second-order valence-electron chi connectivity index (χ2n) is 10.2. The van der Waals surface area contributed by atoms with Crippen molar-refractivity contribution in [1.29, 1.82) is 0 Å². The summed E-state index contributed by atoms with van der Waals surface area (Å²) in [5.41, 5.74) is -4.02. The number of nitrogens with zero attached hydrogens (tertiary/aromatic N) is 4. The lowest BCUT2D eigenvalue weighted by Gasteiger charge is -2.33. The molecule has 3 rings (SSSR count). The van der Waals surface area contributed by atoms with Crippen molar-refractivity contribution in [2.45, 2.75) is 0 Å². The number of anilines is 2. The third-order valence-electron chi connectivity index (χ3n) is 6.20. The topological polar surface area (TPSA) is 122 Å². The maximum absolute atomic E-state index is 15.7. The Labute approximate surface area is 211 Å². The Morgan fingerprint density at radius 1 is 0.730 bits per heavy atom. The van der Waals surface area contributed by atoms with Crippen molar-refractivity contribution in [3.05, 3.63) is 45.8 Å². The van der Waals surface area contributed by atoms with E-state index in [0.717, 1.165) is 9.80 Å². The monoisotopic (exact) mass is 528 g/mol. The normalized spacial score (nSPS) is 13.5. The number of halogens is 3. The number of phenols is 2. The molecule has 0 saturated heterocycles. The Bertz CT molecular complexity index is 1290. The van der Waals surface area contributed by atoms with E-state index in [0.29, 0.717) is 6.07 Å². The molecule has 2 aromatic carbocycles. The first-order valence-corrected chi connectivity index (χ1v) is 11.3. The van der Waals surface area contributed by atoms with Gasteiger partial charge in [-0.1, -0.05) is 0 Å². The van der Waals surface area contributed by atoms with Gasteiger partial charge in [-0.3, -0.25) is 9.59 Å². The average molecular weight is 529 g/mol. The number of rotatable bonds is 8. The molecule has 2 aromatic rings. The molecule has 10 nitrogen and oxygen atoms in total. The van der Waals surface area contributed by atoms with Gasteiger partial charge in [0.2, 0.25) is 11.6 Å². The van der Waals surface area contributed by atoms with Crippen molar-refractivity contribution in [2.75, 3.05) is 78.3 Å². The number of hydrogen-bond donors (Lipinski definition) is 4. The first-order chi connectivity index (χ1) is 16.9. The molecule has 13 heteroatoms. The van der Waals surface area contributed by atoms with Gasteiger partial charge in [0.15, 0.2) is 23.2 Å². The average Bonchev–Trinajstić information content (AvgIpc) is 2.76. The van der Waals surface area contributed by atoms with Gasteiger partial charge >= 0.3 is 0 Å². The van der Waals surface area contributed by atoms with E-state index in [-0.39, 0.29) is 26.2 Å². The third-order valence-corrected chi connectivity index (χ3v) is 6.20. The van der Waals surface area contributed by atoms with E-state index in [4.69, 9.17) is 0 Å². The number of hydrogen-bond acceptors (Lipinski definition) is 8. The molecule has 0 atom stereocenters. The third kappa shape index (κ3) is 5.21. The van der Waals surface area contributed by atoms with Crippen molar-refractivity contribution >= 4 is 22.9 Å². The van der Waals surface area contributed by atoms with E-state index in [1.807, 2.05) is 0 Å². The van der Waals surface area contributed by atoms with Gasteiger partial charge in [0, 0.05) is 20.2 Å². The molecular formula is C24H31F3N4O6+2. The van der Waals surface area contributed by atoms with Crippen LogP contribution in [0.25, 0.3) is 0 Å². The Morgan fingerprint density at radius 3 is 1.49 bits per heavy atom. The van der Waals surface area contributed by atoms with Gasteiger partial charge in [0.25, 0.3) is 0 Å². The summed E-state index contributed by atoms with van der Waals surface area (Å²) in [5.74, 6) is -8.79. The molecule has 4 N–H and O–H groups in total. The summed E-state index contributed by atoms with van der Waals surface area (Å²) in [5, 5.41) is 40.7. The van der Waals surface area contributed by atoms with Crippen molar-refractivity contribution < 1.29 is 52.7 Å². The molecule has 0 heterocycles. The van der Waals surface area contributed by atoms with Gasteiger partial charge in [-0.2, -0.15) is 9.29 Å². The minimum Gasteiger partial charge on any atom is -0.507 e. The molecule has 0 radical (unpaired) electrons. The largest absolute Gasteiger partial charge is 0.507 e. The molecule has 0 aromatic heterocycles. The van der Waals surface area contributed by atoms with Crippen LogP contribution in [0.4, 0.5) is 24.5 Å². The lowest BCUT2D eigenvalue weighted by Crippen LogP contribution is -2.43. The standard InChI is InChI=1S/C24H29F3N4O6/c1-28(7-9-30(3,4)36)20-15-16(21(19(27)18(20)26)29(2)8-10-31(5,6)37)24(35)17-14(23(15)34)13(32)11-12(25)22(17)33/h11,36-37H,7-10H2,1-6H3/p+2. The first-order valence-electron chi connectivity index (χ1n) is 11.3. The lowest BCUT2D eigenvalue weighted by atomic mass is 9.80. The number of ketones is 2. The van der Waals surface area contributed by atoms with Crippen LogP contribution in [0, 0.1) is 17.5 Å². The summed E-state index contributed by atoms with van der Waals surface area (Å²) in [6.07, 6.45) is 0. The molecule has 0 bridgehead atoms. The molecule has 0 amide bonds. The maximum Gasteiger partial charge on any atom is 0.200 e. The molecule has 0 spiro atoms. The highest BCUT2D eigenvalue weighted by molar-refractivity contribution is 6.33. The van der Waals surface area contributed by atoms with Crippen LogP contribution in [0.5, 0.6) is 11.5 Å². The van der Waals surface area contributed by atoms with Crippen molar-refractivity contribution in [2.24, 2.45) is 0 Å². The van der Waals surface area contributed by atoms with E-state index in [2.05, 4.69) is 0 Å². The Morgan fingerprint density at radius 2 is 1.11 bits per heavy atom. The highest BCUT2D eigenvalue weighted by Crippen LogP contribution is 2.46. The number of likely N-dealkylation sites (N-methyl/N-ethyl adjacent to an activating group) is 4. The zero-order valence-corrected chi connectivity index (χ0v) is 21.4. The summed E-state index contributed by atoms with van der Waals surface area (Å²) < 4.78 is 44.5. The molecule has 202 valence electrons. The number of aromatic hydroxyl groups is 2. The number of phenolic OH excluding ortho intramolecular Hbond substituents is 2. The maximum atomic E-state index is 15.7. The number of fused-ring (bicyclic) bond motifs is 2. The molecular weight excluding hydrogens is 497 g/mol. The summed E-state index contributed by atoms with van der Waals surface area (Å²) in [6, 6.07) is 0.452. The molecule has 0 fully saturated rings. The summed E-state index contributed by atoms with van der Waals surface area (Å²) in [7, 11) is 8.42. The van der Waals surface area contributed by atoms with Gasteiger partial charge in [-0.25, -0.2) is 23.6 Å². The van der Waals surface area contributed by atoms with Crippen LogP contribution >= 0.6 is 0 Å². The highest BCUT2D eigenvalue weighted by Gasteiger charge is 2.43. The Kier molecular flexibility index (Phi) is 7.23. The molecule has 0 aliphatic heterocycles. The fraction of sp³-hybridized carbons (Fsp3) is 0.417. The SMILES string of the molecule is CN(CC[N+](C)(C)O)c1c(F)c(F)c(N(C)CC[N+](C)(C)O)c2c1C(=O)c1c(O)cc(F)c(O)c1C2=O. The summed E-state index contributed by atoms with van der Waals surface area (Å²) in [6.45, 7) is -0.136.